The van der Waals surface area contributed by atoms with Crippen molar-refractivity contribution in [3.63, 3.8) is 0 Å². The summed E-state index contributed by atoms with van der Waals surface area (Å²) in [6, 6.07) is 9.55. The van der Waals surface area contributed by atoms with Crippen LogP contribution in [0.25, 0.3) is 0 Å². The number of pyridine rings is 1. The average molecular weight is 409 g/mol. The number of hydrogen-bond donors (Lipinski definition) is 4. The fourth-order valence-corrected chi connectivity index (χ4v) is 3.26. The zero-order valence-electron chi connectivity index (χ0n) is 16.6. The molecule has 154 valence electrons. The van der Waals surface area contributed by atoms with Gasteiger partial charge in [-0.3, -0.25) is 5.10 Å². The maximum absolute atomic E-state index is 15.0. The smallest absolute Gasteiger partial charge is 0.190 e. The molecule has 7 nitrogen and oxygen atoms in total. The highest BCUT2D eigenvalue weighted by Gasteiger charge is 2.26. The number of nitriles is 1. The Morgan fingerprint density at radius 3 is 2.57 bits per heavy atom. The fourth-order valence-electron chi connectivity index (χ4n) is 3.26. The van der Waals surface area contributed by atoms with E-state index in [1.807, 2.05) is 19.1 Å². The van der Waals surface area contributed by atoms with Crippen LogP contribution in [0.4, 0.5) is 31.9 Å². The highest BCUT2D eigenvalue weighted by molar-refractivity contribution is 5.74. The molecule has 1 aliphatic rings. The van der Waals surface area contributed by atoms with Gasteiger partial charge < -0.3 is 16.0 Å². The minimum Gasteiger partial charge on any atom is -0.384 e. The molecule has 0 bridgehead atoms. The van der Waals surface area contributed by atoms with Crippen LogP contribution in [-0.4, -0.2) is 22.2 Å². The summed E-state index contributed by atoms with van der Waals surface area (Å²) >= 11 is 0. The van der Waals surface area contributed by atoms with Gasteiger partial charge >= 0.3 is 0 Å². The van der Waals surface area contributed by atoms with E-state index in [9.17, 15) is 9.65 Å². The molecule has 0 amide bonds. The lowest BCUT2D eigenvalue weighted by Gasteiger charge is -2.19. The largest absolute Gasteiger partial charge is 0.384 e. The maximum atomic E-state index is 15.0. The standard InChI is InChI=1S/C21H21F2N7/c1-11(12-5-7-14(22)8-6-12)26-20-15(10-24)19(25-2)18(23)21(28-20)27-17-9-16(29-30-17)13-3-4-13/h5-9,11,13H,3-4H2,1-2H3,(H4,25,26,27,28,29,30)/t11-/m0/s1. The van der Waals surface area contributed by atoms with Crippen molar-refractivity contribution < 1.29 is 8.78 Å². The van der Waals surface area contributed by atoms with Gasteiger partial charge in [-0.25, -0.2) is 13.8 Å². The normalized spacial score (nSPS) is 14.1. The van der Waals surface area contributed by atoms with E-state index >= 15 is 4.39 Å². The third kappa shape index (κ3) is 3.89. The highest BCUT2D eigenvalue weighted by atomic mass is 19.1. The molecule has 0 saturated heterocycles. The van der Waals surface area contributed by atoms with Gasteiger partial charge in [0.15, 0.2) is 17.5 Å². The monoisotopic (exact) mass is 409 g/mol. The van der Waals surface area contributed by atoms with Gasteiger partial charge in [0, 0.05) is 30.8 Å². The summed E-state index contributed by atoms with van der Waals surface area (Å²) in [5.74, 6) is 0.0738. The zero-order chi connectivity index (χ0) is 21.3. The number of anilines is 4. The molecule has 0 aliphatic heterocycles. The van der Waals surface area contributed by atoms with Crippen LogP contribution in [0.1, 0.15) is 48.5 Å². The number of nitrogens with zero attached hydrogens (tertiary/aromatic N) is 3. The first kappa shape index (κ1) is 19.6. The second-order valence-corrected chi connectivity index (χ2v) is 7.26. The minimum atomic E-state index is -0.676. The Hall–Kier alpha value is -3.67. The van der Waals surface area contributed by atoms with Crippen molar-refractivity contribution in [1.82, 2.24) is 15.2 Å². The number of aromatic nitrogens is 3. The number of H-pyrrole nitrogens is 1. The van der Waals surface area contributed by atoms with E-state index in [-0.39, 0.29) is 34.7 Å². The van der Waals surface area contributed by atoms with Gasteiger partial charge in [-0.2, -0.15) is 10.4 Å². The molecule has 1 aromatic carbocycles. The summed E-state index contributed by atoms with van der Waals surface area (Å²) in [5, 5.41) is 25.5. The third-order valence-corrected chi connectivity index (χ3v) is 5.08. The van der Waals surface area contributed by atoms with E-state index < -0.39 is 5.82 Å². The van der Waals surface area contributed by atoms with Crippen molar-refractivity contribution in [1.29, 1.82) is 5.26 Å². The van der Waals surface area contributed by atoms with E-state index in [1.165, 1.54) is 19.2 Å². The summed E-state index contributed by atoms with van der Waals surface area (Å²) < 4.78 is 28.2. The van der Waals surface area contributed by atoms with Crippen LogP contribution in [0, 0.1) is 23.0 Å². The van der Waals surface area contributed by atoms with Crippen molar-refractivity contribution in [2.75, 3.05) is 23.0 Å². The predicted molar refractivity (Wildman–Crippen MR) is 111 cm³/mol. The molecule has 0 unspecified atom stereocenters. The molecular formula is C21H21F2N7. The van der Waals surface area contributed by atoms with Crippen molar-refractivity contribution in [2.24, 2.45) is 0 Å². The van der Waals surface area contributed by atoms with Crippen LogP contribution >= 0.6 is 0 Å². The van der Waals surface area contributed by atoms with Gasteiger partial charge in [-0.15, -0.1) is 0 Å². The summed E-state index contributed by atoms with van der Waals surface area (Å²) in [5.41, 5.74) is 1.88. The number of benzene rings is 1. The van der Waals surface area contributed by atoms with Gasteiger partial charge in [0.05, 0.1) is 5.69 Å². The zero-order valence-corrected chi connectivity index (χ0v) is 16.6. The van der Waals surface area contributed by atoms with Crippen molar-refractivity contribution in [2.45, 2.75) is 31.7 Å². The van der Waals surface area contributed by atoms with E-state index in [4.69, 9.17) is 0 Å². The average Bonchev–Trinajstić information content (AvgIpc) is 3.49. The Morgan fingerprint density at radius 1 is 1.20 bits per heavy atom. The van der Waals surface area contributed by atoms with Crippen molar-refractivity contribution in [3.05, 3.63) is 58.8 Å². The summed E-state index contributed by atoms with van der Waals surface area (Å²) in [6.07, 6.45) is 2.23. The Morgan fingerprint density at radius 2 is 1.93 bits per heavy atom. The SMILES string of the molecule is CNc1c(F)c(Nc2cc(C3CC3)[nH]n2)nc(N[C@@H](C)c2ccc(F)cc2)c1C#N. The van der Waals surface area contributed by atoms with Gasteiger partial charge in [0.25, 0.3) is 0 Å². The molecule has 2 aromatic heterocycles. The summed E-state index contributed by atoms with van der Waals surface area (Å²) in [4.78, 5) is 4.31. The van der Waals surface area contributed by atoms with Gasteiger partial charge in [-0.05, 0) is 37.5 Å². The quantitative estimate of drug-likeness (QED) is 0.448. The number of nitrogens with one attached hydrogen (secondary N) is 4. The maximum Gasteiger partial charge on any atom is 0.190 e. The molecule has 4 rings (SSSR count). The molecule has 30 heavy (non-hydrogen) atoms. The highest BCUT2D eigenvalue weighted by Crippen LogP contribution is 2.40. The first-order chi connectivity index (χ1) is 14.5. The number of aromatic amines is 1. The van der Waals surface area contributed by atoms with Gasteiger partial charge in [0.2, 0.25) is 0 Å². The predicted octanol–water partition coefficient (Wildman–Crippen LogP) is 4.79. The van der Waals surface area contributed by atoms with Gasteiger partial charge in [-0.1, -0.05) is 12.1 Å². The fraction of sp³-hybridized carbons (Fsp3) is 0.286. The lowest BCUT2D eigenvalue weighted by molar-refractivity contribution is 0.626. The Balaban J connectivity index is 1.66. The number of rotatable bonds is 7. The molecule has 1 aliphatic carbocycles. The van der Waals surface area contributed by atoms with Crippen LogP contribution < -0.4 is 16.0 Å². The van der Waals surface area contributed by atoms with Crippen LogP contribution in [0.3, 0.4) is 0 Å². The first-order valence-electron chi connectivity index (χ1n) is 9.65. The Bertz CT molecular complexity index is 1100. The molecule has 9 heteroatoms. The topological polar surface area (TPSA) is 101 Å². The molecule has 0 spiro atoms. The van der Waals surface area contributed by atoms with E-state index in [0.717, 1.165) is 24.1 Å². The molecule has 0 radical (unpaired) electrons. The summed E-state index contributed by atoms with van der Waals surface area (Å²) in [7, 11) is 1.54. The van der Waals surface area contributed by atoms with Crippen molar-refractivity contribution >= 4 is 23.1 Å². The molecule has 1 saturated carbocycles. The molecule has 1 atom stereocenters. The number of halogens is 2. The third-order valence-electron chi connectivity index (χ3n) is 5.08. The molecule has 4 N–H and O–H groups in total. The van der Waals surface area contributed by atoms with Gasteiger partial charge in [0.1, 0.15) is 23.3 Å². The first-order valence-corrected chi connectivity index (χ1v) is 9.65. The Kier molecular flexibility index (Phi) is 5.23. The second kappa shape index (κ2) is 7.99. The van der Waals surface area contributed by atoms with E-state index in [0.29, 0.717) is 11.7 Å². The molecular weight excluding hydrogens is 388 g/mol. The molecule has 1 fully saturated rings. The van der Waals surface area contributed by atoms with Crippen LogP contribution in [0.2, 0.25) is 0 Å². The molecule has 2 heterocycles. The lowest BCUT2D eigenvalue weighted by atomic mass is 10.1. The molecule has 3 aromatic rings. The minimum absolute atomic E-state index is 0.0294. The Labute approximate surface area is 172 Å². The van der Waals surface area contributed by atoms with Crippen LogP contribution in [0.5, 0.6) is 0 Å². The lowest BCUT2D eigenvalue weighted by Crippen LogP contribution is -2.13. The van der Waals surface area contributed by atoms with E-state index in [1.54, 1.807) is 12.1 Å². The number of hydrogen-bond acceptors (Lipinski definition) is 6. The summed E-state index contributed by atoms with van der Waals surface area (Å²) in [6.45, 7) is 1.85. The van der Waals surface area contributed by atoms with E-state index in [2.05, 4.69) is 31.1 Å². The van der Waals surface area contributed by atoms with Crippen LogP contribution in [0.15, 0.2) is 30.3 Å². The second-order valence-electron chi connectivity index (χ2n) is 7.26. The van der Waals surface area contributed by atoms with Crippen LogP contribution in [-0.2, 0) is 0 Å². The van der Waals surface area contributed by atoms with Crippen molar-refractivity contribution in [3.8, 4) is 6.07 Å².